The van der Waals surface area contributed by atoms with Crippen molar-refractivity contribution in [1.82, 2.24) is 0 Å². The summed E-state index contributed by atoms with van der Waals surface area (Å²) >= 11 is 5.95. The Kier molecular flexibility index (Phi) is 7.01. The first kappa shape index (κ1) is 22.5. The van der Waals surface area contributed by atoms with Crippen LogP contribution in [0.25, 0.3) is 0 Å². The highest BCUT2D eigenvalue weighted by atomic mass is 35.5. The average Bonchev–Trinajstić information content (AvgIpc) is 2.56. The summed E-state index contributed by atoms with van der Waals surface area (Å²) in [7, 11) is 0. The summed E-state index contributed by atoms with van der Waals surface area (Å²) in [5, 5.41) is 0.482. The molecule has 0 fully saturated rings. The third kappa shape index (κ3) is 6.12. The molecular formula is C19H18ClF6NO. The second kappa shape index (κ2) is 8.71. The lowest BCUT2D eigenvalue weighted by Gasteiger charge is -2.22. The van der Waals surface area contributed by atoms with Gasteiger partial charge in [0.2, 0.25) is 0 Å². The zero-order valence-corrected chi connectivity index (χ0v) is 15.5. The van der Waals surface area contributed by atoms with Crippen LogP contribution in [-0.2, 0) is 23.7 Å². The third-order valence-electron chi connectivity index (χ3n) is 4.13. The summed E-state index contributed by atoms with van der Waals surface area (Å²) in [5.74, 6) is -0.327. The number of ether oxygens (including phenoxy) is 1. The van der Waals surface area contributed by atoms with Gasteiger partial charge < -0.3 is 10.5 Å². The van der Waals surface area contributed by atoms with Gasteiger partial charge >= 0.3 is 12.4 Å². The first-order valence-electron chi connectivity index (χ1n) is 8.25. The van der Waals surface area contributed by atoms with Gasteiger partial charge in [-0.1, -0.05) is 23.7 Å². The van der Waals surface area contributed by atoms with Gasteiger partial charge in [-0.05, 0) is 48.4 Å². The molecule has 0 saturated carbocycles. The maximum atomic E-state index is 12.9. The topological polar surface area (TPSA) is 35.2 Å². The number of rotatable bonds is 6. The number of hydrogen-bond donors (Lipinski definition) is 1. The highest BCUT2D eigenvalue weighted by Crippen LogP contribution is 2.36. The van der Waals surface area contributed by atoms with E-state index in [2.05, 4.69) is 0 Å². The molecule has 28 heavy (non-hydrogen) atoms. The first-order valence-corrected chi connectivity index (χ1v) is 8.63. The van der Waals surface area contributed by atoms with E-state index >= 15 is 0 Å². The molecule has 0 heterocycles. The second-order valence-electron chi connectivity index (χ2n) is 6.45. The molecule has 2 aromatic carbocycles. The fraction of sp³-hybridized carbons (Fsp3) is 0.368. The largest absolute Gasteiger partial charge is 0.416 e. The molecule has 0 amide bonds. The zero-order chi connectivity index (χ0) is 21.1. The zero-order valence-electron chi connectivity index (χ0n) is 14.7. The maximum absolute atomic E-state index is 12.9. The molecule has 2 N–H and O–H groups in total. The van der Waals surface area contributed by atoms with Crippen molar-refractivity contribution in [2.45, 2.75) is 37.8 Å². The van der Waals surface area contributed by atoms with E-state index in [1.54, 1.807) is 31.2 Å². The van der Waals surface area contributed by atoms with Crippen LogP contribution in [0.5, 0.6) is 0 Å². The minimum atomic E-state index is -4.90. The van der Waals surface area contributed by atoms with Crippen LogP contribution < -0.4 is 5.73 Å². The number of benzene rings is 2. The Balaban J connectivity index is 2.18. The van der Waals surface area contributed by atoms with Gasteiger partial charge in [-0.25, -0.2) is 0 Å². The lowest BCUT2D eigenvalue weighted by molar-refractivity contribution is -0.143. The molecule has 2 nitrogen and oxygen atoms in total. The third-order valence-corrected chi connectivity index (χ3v) is 4.36. The van der Waals surface area contributed by atoms with Crippen molar-refractivity contribution in [3.05, 3.63) is 69.7 Å². The number of alkyl halides is 6. The maximum Gasteiger partial charge on any atom is 0.416 e. The molecule has 2 unspecified atom stereocenters. The van der Waals surface area contributed by atoms with Gasteiger partial charge in [0.15, 0.2) is 0 Å². The fourth-order valence-corrected chi connectivity index (χ4v) is 2.89. The van der Waals surface area contributed by atoms with Gasteiger partial charge in [0, 0.05) is 17.0 Å². The Bertz CT molecular complexity index is 771. The van der Waals surface area contributed by atoms with E-state index in [9.17, 15) is 26.3 Å². The van der Waals surface area contributed by atoms with E-state index in [0.717, 1.165) is 5.56 Å². The van der Waals surface area contributed by atoms with Crippen LogP contribution in [-0.4, -0.2) is 12.6 Å². The van der Waals surface area contributed by atoms with Crippen molar-refractivity contribution in [3.63, 3.8) is 0 Å². The van der Waals surface area contributed by atoms with Gasteiger partial charge in [0.05, 0.1) is 24.3 Å². The Hall–Kier alpha value is -1.77. The summed E-state index contributed by atoms with van der Waals surface area (Å²) in [4.78, 5) is 0. The molecule has 0 aliphatic rings. The molecule has 0 aliphatic carbocycles. The minimum absolute atomic E-state index is 0.00953. The smallest absolute Gasteiger partial charge is 0.376 e. The van der Waals surface area contributed by atoms with Crippen molar-refractivity contribution in [1.29, 1.82) is 0 Å². The highest BCUT2D eigenvalue weighted by molar-refractivity contribution is 6.30. The summed E-state index contributed by atoms with van der Waals surface area (Å²) in [6.07, 6.45) is -9.80. The van der Waals surface area contributed by atoms with Gasteiger partial charge in [-0.3, -0.25) is 0 Å². The summed E-state index contributed by atoms with van der Waals surface area (Å²) < 4.78 is 82.9. The molecule has 0 aliphatic heterocycles. The van der Waals surface area contributed by atoms with E-state index < -0.39 is 30.1 Å². The Labute approximate surface area is 163 Å². The molecule has 0 bridgehead atoms. The van der Waals surface area contributed by atoms with Crippen LogP contribution in [0.3, 0.4) is 0 Å². The molecule has 2 rings (SSSR count). The van der Waals surface area contributed by atoms with Crippen molar-refractivity contribution in [2.24, 2.45) is 5.73 Å². The number of hydrogen-bond acceptors (Lipinski definition) is 2. The standard InChI is InChI=1S/C19H18ClF6NO/c1-11(27)17(13-3-2-4-16(20)7-13)10-28-9-12-5-14(18(21,22)23)8-15(6-12)19(24,25)26/h2-8,11,17H,9-10,27H2,1H3. The van der Waals surface area contributed by atoms with Crippen LogP contribution in [0.1, 0.15) is 35.1 Å². The van der Waals surface area contributed by atoms with Crippen molar-refractivity contribution in [2.75, 3.05) is 6.61 Å². The SMILES string of the molecule is CC(N)C(COCc1cc(C(F)(F)F)cc(C(F)(F)F)c1)c1cccc(Cl)c1. The summed E-state index contributed by atoms with van der Waals surface area (Å²) in [6.45, 7) is 1.31. The summed E-state index contributed by atoms with van der Waals surface area (Å²) in [6, 6.07) is 7.86. The Morgan fingerprint density at radius 3 is 2.00 bits per heavy atom. The van der Waals surface area contributed by atoms with Crippen LogP contribution in [0.15, 0.2) is 42.5 Å². The molecule has 2 aromatic rings. The van der Waals surface area contributed by atoms with Gasteiger partial charge in [0.25, 0.3) is 0 Å². The molecule has 0 spiro atoms. The predicted octanol–water partition coefficient (Wildman–Crippen LogP) is 6.03. The monoisotopic (exact) mass is 425 g/mol. The molecule has 154 valence electrons. The predicted molar refractivity (Wildman–Crippen MR) is 93.9 cm³/mol. The highest BCUT2D eigenvalue weighted by Gasteiger charge is 2.36. The number of nitrogens with two attached hydrogens (primary N) is 1. The number of halogens is 7. The van der Waals surface area contributed by atoms with Crippen LogP contribution in [0.4, 0.5) is 26.3 Å². The van der Waals surface area contributed by atoms with Crippen LogP contribution in [0.2, 0.25) is 5.02 Å². The Morgan fingerprint density at radius 1 is 0.964 bits per heavy atom. The fourth-order valence-electron chi connectivity index (χ4n) is 2.70. The molecule has 2 atom stereocenters. The van der Waals surface area contributed by atoms with Crippen LogP contribution >= 0.6 is 11.6 Å². The van der Waals surface area contributed by atoms with Crippen molar-refractivity contribution in [3.8, 4) is 0 Å². The van der Waals surface area contributed by atoms with E-state index in [-0.39, 0.29) is 30.2 Å². The summed E-state index contributed by atoms with van der Waals surface area (Å²) in [5.41, 5.74) is 3.73. The van der Waals surface area contributed by atoms with E-state index in [1.165, 1.54) is 0 Å². The van der Waals surface area contributed by atoms with Gasteiger partial charge in [0.1, 0.15) is 0 Å². The van der Waals surface area contributed by atoms with E-state index in [1.807, 2.05) is 0 Å². The normalized spacial score (nSPS) is 14.8. The van der Waals surface area contributed by atoms with Crippen molar-refractivity contribution >= 4 is 11.6 Å². The second-order valence-corrected chi connectivity index (χ2v) is 6.89. The van der Waals surface area contributed by atoms with Gasteiger partial charge in [-0.2, -0.15) is 26.3 Å². The molecule has 9 heteroatoms. The Morgan fingerprint density at radius 2 is 1.54 bits per heavy atom. The van der Waals surface area contributed by atoms with E-state index in [0.29, 0.717) is 17.2 Å². The average molecular weight is 426 g/mol. The lowest BCUT2D eigenvalue weighted by Crippen LogP contribution is -2.28. The quantitative estimate of drug-likeness (QED) is 0.574. The van der Waals surface area contributed by atoms with Crippen molar-refractivity contribution < 1.29 is 31.1 Å². The molecule has 0 saturated heterocycles. The van der Waals surface area contributed by atoms with E-state index in [4.69, 9.17) is 22.1 Å². The molecular weight excluding hydrogens is 408 g/mol. The van der Waals surface area contributed by atoms with Gasteiger partial charge in [-0.15, -0.1) is 0 Å². The molecule has 0 radical (unpaired) electrons. The minimum Gasteiger partial charge on any atom is -0.376 e. The van der Waals surface area contributed by atoms with Crippen LogP contribution in [0, 0.1) is 0 Å². The first-order chi connectivity index (χ1) is 12.9. The molecule has 0 aromatic heterocycles. The lowest BCUT2D eigenvalue weighted by atomic mass is 9.94.